The summed E-state index contributed by atoms with van der Waals surface area (Å²) in [5.41, 5.74) is -0.0146. The second-order valence-corrected chi connectivity index (χ2v) is 3.70. The van der Waals surface area contributed by atoms with E-state index in [4.69, 9.17) is 5.11 Å². The van der Waals surface area contributed by atoms with Crippen molar-refractivity contribution in [2.45, 2.75) is 0 Å². The van der Waals surface area contributed by atoms with Crippen LogP contribution in [0.1, 0.15) is 10.5 Å². The van der Waals surface area contributed by atoms with Gasteiger partial charge in [-0.15, -0.1) is 0 Å². The van der Waals surface area contributed by atoms with E-state index < -0.39 is 5.97 Å². The minimum atomic E-state index is -1.07. The summed E-state index contributed by atoms with van der Waals surface area (Å²) in [6.45, 7) is 0. The van der Waals surface area contributed by atoms with Gasteiger partial charge in [-0.05, 0) is 11.5 Å². The van der Waals surface area contributed by atoms with Gasteiger partial charge in [-0.1, -0.05) is 24.3 Å². The van der Waals surface area contributed by atoms with E-state index in [1.54, 1.807) is 0 Å². The van der Waals surface area contributed by atoms with Gasteiger partial charge in [-0.2, -0.15) is 5.10 Å². The first-order valence-corrected chi connectivity index (χ1v) is 5.24. The van der Waals surface area contributed by atoms with Crippen LogP contribution in [-0.2, 0) is 0 Å². The van der Waals surface area contributed by atoms with E-state index in [2.05, 4.69) is 15.1 Å². The smallest absolute Gasteiger partial charge is 0.354 e. The molecule has 2 heterocycles. The molecular weight excluding hydrogens is 232 g/mol. The van der Waals surface area contributed by atoms with Gasteiger partial charge in [0.25, 0.3) is 0 Å². The fourth-order valence-electron chi connectivity index (χ4n) is 1.78. The van der Waals surface area contributed by atoms with E-state index >= 15 is 0 Å². The van der Waals surface area contributed by atoms with Crippen LogP contribution in [-0.4, -0.2) is 30.8 Å². The largest absolute Gasteiger partial charge is 0.477 e. The first-order valence-electron chi connectivity index (χ1n) is 5.24. The molecule has 3 aromatic rings. The topological polar surface area (TPSA) is 80.9 Å². The van der Waals surface area contributed by atoms with Gasteiger partial charge in [0.2, 0.25) is 0 Å². The molecule has 1 N–H and O–H groups in total. The Morgan fingerprint density at radius 2 is 2.11 bits per heavy atom. The molecule has 0 spiro atoms. The molecule has 0 amide bonds. The zero-order valence-corrected chi connectivity index (χ0v) is 9.19. The van der Waals surface area contributed by atoms with Crippen molar-refractivity contribution < 1.29 is 9.90 Å². The third kappa shape index (κ3) is 1.60. The lowest BCUT2D eigenvalue weighted by molar-refractivity contribution is 0.0690. The molecule has 0 aliphatic heterocycles. The van der Waals surface area contributed by atoms with Crippen LogP contribution in [0.3, 0.4) is 0 Å². The van der Waals surface area contributed by atoms with E-state index in [1.807, 2.05) is 24.3 Å². The molecule has 0 saturated heterocycles. The number of hydrogen-bond donors (Lipinski definition) is 1. The predicted molar refractivity (Wildman–Crippen MR) is 63.6 cm³/mol. The van der Waals surface area contributed by atoms with Crippen LogP contribution in [0.25, 0.3) is 16.6 Å². The normalized spacial score (nSPS) is 10.7. The Bertz CT molecular complexity index is 722. The first kappa shape index (κ1) is 10.4. The fraction of sp³-hybridized carbons (Fsp3) is 0. The third-order valence-electron chi connectivity index (χ3n) is 2.58. The number of fused-ring (bicyclic) bond motifs is 1. The molecule has 0 saturated carbocycles. The monoisotopic (exact) mass is 240 g/mol. The van der Waals surface area contributed by atoms with Gasteiger partial charge >= 0.3 is 5.97 Å². The maximum Gasteiger partial charge on any atom is 0.354 e. The lowest BCUT2D eigenvalue weighted by Crippen LogP contribution is -2.06. The molecule has 88 valence electrons. The Balaban J connectivity index is 2.37. The summed E-state index contributed by atoms with van der Waals surface area (Å²) in [4.78, 5) is 19.0. The van der Waals surface area contributed by atoms with Gasteiger partial charge in [0, 0.05) is 5.39 Å². The molecule has 0 fully saturated rings. The summed E-state index contributed by atoms with van der Waals surface area (Å²) in [6, 6.07) is 8.96. The van der Waals surface area contributed by atoms with Crippen molar-refractivity contribution in [3.05, 3.63) is 48.7 Å². The van der Waals surface area contributed by atoms with Gasteiger partial charge in [0.15, 0.2) is 11.5 Å². The number of carboxylic acids is 1. The number of aromatic nitrogens is 4. The molecule has 18 heavy (non-hydrogen) atoms. The first-order chi connectivity index (χ1) is 8.75. The number of aromatic carboxylic acids is 1. The van der Waals surface area contributed by atoms with E-state index in [-0.39, 0.29) is 5.69 Å². The second-order valence-electron chi connectivity index (χ2n) is 3.70. The molecule has 0 bridgehead atoms. The number of carbonyl (C=O) groups is 1. The highest BCUT2D eigenvalue weighted by molar-refractivity contribution is 5.95. The molecule has 6 heteroatoms. The highest BCUT2D eigenvalue weighted by Crippen LogP contribution is 2.20. The quantitative estimate of drug-likeness (QED) is 0.734. The summed E-state index contributed by atoms with van der Waals surface area (Å²) >= 11 is 0. The van der Waals surface area contributed by atoms with Crippen molar-refractivity contribution in [3.8, 4) is 5.82 Å². The Hall–Kier alpha value is -2.76. The van der Waals surface area contributed by atoms with Gasteiger partial charge < -0.3 is 5.11 Å². The van der Waals surface area contributed by atoms with E-state index in [0.717, 1.165) is 10.8 Å². The standard InChI is InChI=1S/C12H8N4O2/c17-12(18)10-5-8-3-1-2-4-9(8)11(15-10)16-7-13-6-14-16/h1-7H,(H,17,18). The Morgan fingerprint density at radius 1 is 1.28 bits per heavy atom. The number of pyridine rings is 1. The Labute approximate surface area is 102 Å². The van der Waals surface area contributed by atoms with E-state index in [9.17, 15) is 4.79 Å². The number of hydrogen-bond acceptors (Lipinski definition) is 4. The molecule has 2 aromatic heterocycles. The van der Waals surface area contributed by atoms with Crippen LogP contribution in [0.4, 0.5) is 0 Å². The highest BCUT2D eigenvalue weighted by atomic mass is 16.4. The van der Waals surface area contributed by atoms with Gasteiger partial charge in [0.1, 0.15) is 12.7 Å². The van der Waals surface area contributed by atoms with E-state index in [0.29, 0.717) is 5.82 Å². The van der Waals surface area contributed by atoms with Crippen molar-refractivity contribution in [2.75, 3.05) is 0 Å². The molecular formula is C12H8N4O2. The van der Waals surface area contributed by atoms with Crippen LogP contribution in [0, 0.1) is 0 Å². The molecule has 0 radical (unpaired) electrons. The van der Waals surface area contributed by atoms with Crippen LogP contribution in [0.5, 0.6) is 0 Å². The maximum atomic E-state index is 11.1. The SMILES string of the molecule is O=C(O)c1cc2ccccc2c(-n2cncn2)n1. The summed E-state index contributed by atoms with van der Waals surface area (Å²) in [5, 5.41) is 14.7. The molecule has 0 aliphatic rings. The maximum absolute atomic E-state index is 11.1. The van der Waals surface area contributed by atoms with Gasteiger partial charge in [0.05, 0.1) is 0 Å². The van der Waals surface area contributed by atoms with E-state index in [1.165, 1.54) is 23.4 Å². The summed E-state index contributed by atoms with van der Waals surface area (Å²) in [6.07, 6.45) is 2.87. The van der Waals surface area contributed by atoms with Crippen LogP contribution >= 0.6 is 0 Å². The lowest BCUT2D eigenvalue weighted by Gasteiger charge is -2.06. The number of nitrogens with zero attached hydrogens (tertiary/aromatic N) is 4. The molecule has 0 aliphatic carbocycles. The Kier molecular flexibility index (Phi) is 2.26. The molecule has 0 atom stereocenters. The zero-order chi connectivity index (χ0) is 12.5. The average molecular weight is 240 g/mol. The van der Waals surface area contributed by atoms with Crippen LogP contribution in [0.15, 0.2) is 43.0 Å². The summed E-state index contributed by atoms with van der Waals surface area (Å²) in [5.74, 6) is -0.606. The van der Waals surface area contributed by atoms with Crippen molar-refractivity contribution in [1.29, 1.82) is 0 Å². The molecule has 1 aromatic carbocycles. The minimum Gasteiger partial charge on any atom is -0.477 e. The number of carboxylic acid groups (broad SMARTS) is 1. The predicted octanol–water partition coefficient (Wildman–Crippen LogP) is 1.51. The van der Waals surface area contributed by atoms with Crippen LogP contribution < -0.4 is 0 Å². The number of benzene rings is 1. The summed E-state index contributed by atoms with van der Waals surface area (Å²) in [7, 11) is 0. The molecule has 6 nitrogen and oxygen atoms in total. The minimum absolute atomic E-state index is 0.0146. The number of rotatable bonds is 2. The zero-order valence-electron chi connectivity index (χ0n) is 9.19. The van der Waals surface area contributed by atoms with Crippen LogP contribution in [0.2, 0.25) is 0 Å². The summed E-state index contributed by atoms with van der Waals surface area (Å²) < 4.78 is 1.45. The molecule has 0 unspecified atom stereocenters. The highest BCUT2D eigenvalue weighted by Gasteiger charge is 2.12. The van der Waals surface area contributed by atoms with Crippen molar-refractivity contribution >= 4 is 16.7 Å². The van der Waals surface area contributed by atoms with Crippen molar-refractivity contribution in [3.63, 3.8) is 0 Å². The lowest BCUT2D eigenvalue weighted by atomic mass is 10.1. The van der Waals surface area contributed by atoms with Gasteiger partial charge in [-0.3, -0.25) is 0 Å². The van der Waals surface area contributed by atoms with Gasteiger partial charge in [-0.25, -0.2) is 19.4 Å². The van der Waals surface area contributed by atoms with Crippen molar-refractivity contribution in [2.24, 2.45) is 0 Å². The molecule has 3 rings (SSSR count). The second kappa shape index (κ2) is 3.92. The fourth-order valence-corrected chi connectivity index (χ4v) is 1.78. The average Bonchev–Trinajstić information content (AvgIpc) is 2.91. The Morgan fingerprint density at radius 3 is 2.83 bits per heavy atom. The third-order valence-corrected chi connectivity index (χ3v) is 2.58. The van der Waals surface area contributed by atoms with Crippen molar-refractivity contribution in [1.82, 2.24) is 19.7 Å².